The van der Waals surface area contributed by atoms with Gasteiger partial charge in [0, 0.05) is 12.8 Å². The molecule has 3 aliphatic carbocycles. The van der Waals surface area contributed by atoms with E-state index < -0.39 is 5.60 Å². The van der Waals surface area contributed by atoms with Crippen LogP contribution in [0, 0.1) is 12.3 Å². The number of aliphatic hydroxyl groups is 1. The molecule has 22 heavy (non-hydrogen) atoms. The normalized spacial score (nSPS) is 21.6. The molecular formula is C21H28O. The van der Waals surface area contributed by atoms with Crippen LogP contribution in [-0.2, 0) is 12.8 Å². The molecule has 0 aromatic heterocycles. The van der Waals surface area contributed by atoms with Crippen molar-refractivity contribution in [1.82, 2.24) is 0 Å². The predicted octanol–water partition coefficient (Wildman–Crippen LogP) is 5.10. The fourth-order valence-electron chi connectivity index (χ4n) is 3.71. The summed E-state index contributed by atoms with van der Waals surface area (Å²) in [5.74, 6) is 0.517. The zero-order chi connectivity index (χ0) is 16.3. The fraction of sp³-hybridized carbons (Fsp3) is 0.524. The molecule has 118 valence electrons. The van der Waals surface area contributed by atoms with Crippen molar-refractivity contribution in [3.8, 4) is 11.1 Å². The Hall–Kier alpha value is -1.34. The Kier molecular flexibility index (Phi) is 3.41. The molecule has 0 saturated carbocycles. The van der Waals surface area contributed by atoms with Crippen LogP contribution in [0.5, 0.6) is 0 Å². The highest BCUT2D eigenvalue weighted by Gasteiger charge is 2.44. The maximum absolute atomic E-state index is 11.3. The molecule has 1 atom stereocenters. The first-order valence-corrected chi connectivity index (χ1v) is 8.40. The van der Waals surface area contributed by atoms with Gasteiger partial charge in [0.25, 0.3) is 0 Å². The van der Waals surface area contributed by atoms with Crippen LogP contribution in [0.1, 0.15) is 62.8 Å². The molecule has 0 spiro atoms. The zero-order valence-corrected chi connectivity index (χ0v) is 14.7. The molecular weight excluding hydrogens is 268 g/mol. The third-order valence-electron chi connectivity index (χ3n) is 5.54. The lowest BCUT2D eigenvalue weighted by Gasteiger charge is -2.43. The van der Waals surface area contributed by atoms with E-state index in [9.17, 15) is 5.11 Å². The van der Waals surface area contributed by atoms with Gasteiger partial charge in [-0.25, -0.2) is 0 Å². The highest BCUT2D eigenvalue weighted by atomic mass is 16.3. The smallest absolute Gasteiger partial charge is 0.0776 e. The van der Waals surface area contributed by atoms with Gasteiger partial charge in [0.15, 0.2) is 0 Å². The van der Waals surface area contributed by atoms with Crippen LogP contribution in [0.25, 0.3) is 11.1 Å². The summed E-state index contributed by atoms with van der Waals surface area (Å²) in [7, 11) is 0. The fourth-order valence-corrected chi connectivity index (χ4v) is 3.71. The minimum atomic E-state index is -0.667. The van der Waals surface area contributed by atoms with Gasteiger partial charge in [-0.15, -0.1) is 0 Å². The molecule has 0 radical (unpaired) electrons. The third-order valence-corrected chi connectivity index (χ3v) is 5.54. The first kappa shape index (κ1) is 15.6. The summed E-state index contributed by atoms with van der Waals surface area (Å²) >= 11 is 0. The second-order valence-electron chi connectivity index (χ2n) is 8.43. The lowest BCUT2D eigenvalue weighted by atomic mass is 9.66. The maximum atomic E-state index is 11.3. The van der Waals surface area contributed by atoms with Crippen molar-refractivity contribution >= 4 is 0 Å². The summed E-state index contributed by atoms with van der Waals surface area (Å²) in [5, 5.41) is 11.3. The number of rotatable bonds is 1. The van der Waals surface area contributed by atoms with Gasteiger partial charge in [-0.3, -0.25) is 0 Å². The van der Waals surface area contributed by atoms with Crippen LogP contribution >= 0.6 is 0 Å². The van der Waals surface area contributed by atoms with E-state index in [0.29, 0.717) is 5.92 Å². The zero-order valence-electron chi connectivity index (χ0n) is 14.7. The van der Waals surface area contributed by atoms with Crippen molar-refractivity contribution in [2.45, 2.75) is 65.9 Å². The van der Waals surface area contributed by atoms with Crippen molar-refractivity contribution in [2.75, 3.05) is 0 Å². The molecule has 0 fully saturated rings. The Labute approximate surface area is 134 Å². The second kappa shape index (κ2) is 4.83. The average molecular weight is 296 g/mol. The van der Waals surface area contributed by atoms with Crippen LogP contribution in [0.15, 0.2) is 24.3 Å². The molecule has 0 aromatic rings. The van der Waals surface area contributed by atoms with E-state index in [1.165, 1.54) is 33.4 Å². The van der Waals surface area contributed by atoms with Gasteiger partial charge in [0.05, 0.1) is 5.60 Å². The van der Waals surface area contributed by atoms with Gasteiger partial charge < -0.3 is 5.11 Å². The minimum Gasteiger partial charge on any atom is -0.389 e. The molecule has 1 nitrogen and oxygen atoms in total. The highest BCUT2D eigenvalue weighted by molar-refractivity contribution is 5.79. The van der Waals surface area contributed by atoms with Gasteiger partial charge in [0.2, 0.25) is 0 Å². The summed E-state index contributed by atoms with van der Waals surface area (Å²) in [4.78, 5) is 0. The van der Waals surface area contributed by atoms with Crippen molar-refractivity contribution in [2.24, 2.45) is 5.41 Å². The summed E-state index contributed by atoms with van der Waals surface area (Å²) in [5.41, 5.74) is 7.29. The van der Waals surface area contributed by atoms with E-state index >= 15 is 0 Å². The van der Waals surface area contributed by atoms with E-state index in [-0.39, 0.29) is 5.41 Å². The Morgan fingerprint density at radius 3 is 2.27 bits per heavy atom. The molecule has 1 N–H and O–H groups in total. The molecule has 1 heteroatoms. The van der Waals surface area contributed by atoms with Crippen LogP contribution in [0.3, 0.4) is 0 Å². The summed E-state index contributed by atoms with van der Waals surface area (Å²) < 4.78 is 0. The number of aryl methyl sites for hydroxylation is 1. The lowest BCUT2D eigenvalue weighted by molar-refractivity contribution is -0.0587. The van der Waals surface area contributed by atoms with E-state index in [2.05, 4.69) is 65.8 Å². The van der Waals surface area contributed by atoms with E-state index in [1.807, 2.05) is 0 Å². The quantitative estimate of drug-likeness (QED) is 0.776. The molecule has 0 aliphatic heterocycles. The molecule has 0 amide bonds. The molecule has 0 saturated heterocycles. The SMILES string of the molecule is Cc1cc2c3c(ccc(C(C)C)cc1-3)CC(O)(C(C)(C)C)C2. The van der Waals surface area contributed by atoms with Crippen molar-refractivity contribution in [3.63, 3.8) is 0 Å². The molecule has 1 unspecified atom stereocenters. The van der Waals surface area contributed by atoms with E-state index in [1.54, 1.807) is 0 Å². The summed E-state index contributed by atoms with van der Waals surface area (Å²) in [6.07, 6.45) is 1.50. The predicted molar refractivity (Wildman–Crippen MR) is 93.7 cm³/mol. The highest BCUT2D eigenvalue weighted by Crippen LogP contribution is 2.47. The molecule has 3 rings (SSSR count). The minimum absolute atomic E-state index is 0.128. The average Bonchev–Trinajstić information content (AvgIpc) is 2.56. The Bertz CT molecular complexity index is 690. The van der Waals surface area contributed by atoms with E-state index in [4.69, 9.17) is 0 Å². The van der Waals surface area contributed by atoms with Crippen molar-refractivity contribution in [1.29, 1.82) is 0 Å². The topological polar surface area (TPSA) is 20.2 Å². The molecule has 3 aliphatic rings. The maximum Gasteiger partial charge on any atom is 0.0776 e. The van der Waals surface area contributed by atoms with E-state index in [0.717, 1.165) is 12.8 Å². The Balaban J connectivity index is 2.22. The molecule has 0 bridgehead atoms. The standard InChI is InChI=1S/C21H28O/c1-13(2)15-7-8-16-11-21(22,20(4,5)6)12-17-9-14(3)18(10-15)19(16)17/h7-10,13,22H,11-12H2,1-6H3. The van der Waals surface area contributed by atoms with Gasteiger partial charge >= 0.3 is 0 Å². The molecule has 0 heterocycles. The number of hydrogen-bond acceptors (Lipinski definition) is 1. The second-order valence-corrected chi connectivity index (χ2v) is 8.43. The van der Waals surface area contributed by atoms with Crippen molar-refractivity contribution < 1.29 is 5.11 Å². The van der Waals surface area contributed by atoms with Crippen LogP contribution in [0.4, 0.5) is 0 Å². The van der Waals surface area contributed by atoms with Crippen LogP contribution in [-0.4, -0.2) is 10.7 Å². The first-order valence-electron chi connectivity index (χ1n) is 8.40. The molecule has 0 aromatic carbocycles. The van der Waals surface area contributed by atoms with Crippen molar-refractivity contribution in [3.05, 3.63) is 46.5 Å². The summed E-state index contributed by atoms with van der Waals surface area (Å²) in [6.45, 7) is 13.1. The Morgan fingerprint density at radius 2 is 1.68 bits per heavy atom. The van der Waals surface area contributed by atoms with Gasteiger partial charge in [-0.2, -0.15) is 0 Å². The largest absolute Gasteiger partial charge is 0.389 e. The van der Waals surface area contributed by atoms with Crippen LogP contribution < -0.4 is 0 Å². The third kappa shape index (κ3) is 2.27. The monoisotopic (exact) mass is 296 g/mol. The lowest BCUT2D eigenvalue weighted by Crippen LogP contribution is -2.48. The first-order chi connectivity index (χ1) is 10.1. The summed E-state index contributed by atoms with van der Waals surface area (Å²) in [6, 6.07) is 9.13. The number of hydrogen-bond donors (Lipinski definition) is 1. The van der Waals surface area contributed by atoms with Gasteiger partial charge in [-0.1, -0.05) is 58.9 Å². The van der Waals surface area contributed by atoms with Crippen LogP contribution in [0.2, 0.25) is 0 Å². The van der Waals surface area contributed by atoms with Gasteiger partial charge in [0.1, 0.15) is 0 Å². The Morgan fingerprint density at radius 1 is 1.05 bits per heavy atom. The van der Waals surface area contributed by atoms with Gasteiger partial charge in [-0.05, 0) is 51.6 Å².